The minimum atomic E-state index is -0.131. The summed E-state index contributed by atoms with van der Waals surface area (Å²) >= 11 is 1.88. The molecule has 0 aromatic heterocycles. The molecular weight excluding hydrogens is 260 g/mol. The number of benzene rings is 1. The van der Waals surface area contributed by atoms with Crippen LogP contribution in [0.3, 0.4) is 0 Å². The van der Waals surface area contributed by atoms with Crippen molar-refractivity contribution >= 4 is 23.4 Å². The van der Waals surface area contributed by atoms with Gasteiger partial charge in [0, 0.05) is 17.5 Å². The summed E-state index contributed by atoms with van der Waals surface area (Å²) in [6.45, 7) is 2.41. The Bertz CT molecular complexity index is 445. The topological polar surface area (TPSA) is 64.3 Å². The Hall–Kier alpha value is -1.36. The van der Waals surface area contributed by atoms with E-state index in [2.05, 4.69) is 5.32 Å². The van der Waals surface area contributed by atoms with Gasteiger partial charge in [-0.25, -0.2) is 0 Å². The van der Waals surface area contributed by atoms with E-state index in [1.807, 2.05) is 18.7 Å². The molecule has 0 bridgehead atoms. The monoisotopic (exact) mass is 280 g/mol. The standard InChI is InChI=1S/C14H20N2O2S/c1-2-18-12-7-3-6-11(15)13(12)14(17)16-10-5-4-8-19-9-10/h3,6-7,10H,2,4-5,8-9,15H2,1H3,(H,16,17). The Morgan fingerprint density at radius 1 is 1.58 bits per heavy atom. The molecule has 1 fully saturated rings. The van der Waals surface area contributed by atoms with Crippen molar-refractivity contribution < 1.29 is 9.53 Å². The fraction of sp³-hybridized carbons (Fsp3) is 0.500. The van der Waals surface area contributed by atoms with Gasteiger partial charge < -0.3 is 15.8 Å². The summed E-state index contributed by atoms with van der Waals surface area (Å²) in [5.41, 5.74) is 6.83. The summed E-state index contributed by atoms with van der Waals surface area (Å²) in [7, 11) is 0. The second-order valence-electron chi connectivity index (χ2n) is 4.54. The molecular formula is C14H20N2O2S. The number of thioether (sulfide) groups is 1. The molecule has 1 saturated heterocycles. The summed E-state index contributed by atoms with van der Waals surface area (Å²) < 4.78 is 5.48. The van der Waals surface area contributed by atoms with Crippen molar-refractivity contribution in [1.82, 2.24) is 5.32 Å². The van der Waals surface area contributed by atoms with Gasteiger partial charge >= 0.3 is 0 Å². The van der Waals surface area contributed by atoms with Crippen molar-refractivity contribution in [3.8, 4) is 5.75 Å². The molecule has 1 aliphatic heterocycles. The number of hydrogen-bond acceptors (Lipinski definition) is 4. The van der Waals surface area contributed by atoms with E-state index in [-0.39, 0.29) is 11.9 Å². The van der Waals surface area contributed by atoms with Gasteiger partial charge in [-0.15, -0.1) is 0 Å². The molecule has 1 aromatic rings. The van der Waals surface area contributed by atoms with Crippen LogP contribution in [-0.4, -0.2) is 30.1 Å². The Balaban J connectivity index is 2.13. The number of rotatable bonds is 4. The average molecular weight is 280 g/mol. The third-order valence-electron chi connectivity index (χ3n) is 3.08. The number of nitrogens with one attached hydrogen (secondary N) is 1. The minimum Gasteiger partial charge on any atom is -0.493 e. The lowest BCUT2D eigenvalue weighted by Crippen LogP contribution is -2.38. The molecule has 104 valence electrons. The molecule has 1 aromatic carbocycles. The van der Waals surface area contributed by atoms with Crippen LogP contribution in [0, 0.1) is 0 Å². The van der Waals surface area contributed by atoms with E-state index in [1.165, 1.54) is 5.75 Å². The first kappa shape index (κ1) is 14.1. The quantitative estimate of drug-likeness (QED) is 0.831. The maximum Gasteiger partial charge on any atom is 0.257 e. The van der Waals surface area contributed by atoms with Gasteiger partial charge in [0.05, 0.1) is 6.61 Å². The Labute approximate surface area is 118 Å². The van der Waals surface area contributed by atoms with Crippen LogP contribution in [-0.2, 0) is 0 Å². The van der Waals surface area contributed by atoms with E-state index < -0.39 is 0 Å². The van der Waals surface area contributed by atoms with Crippen LogP contribution in [0.5, 0.6) is 5.75 Å². The number of nitrogens with two attached hydrogens (primary N) is 1. The average Bonchev–Trinajstić information content (AvgIpc) is 2.40. The first-order valence-electron chi connectivity index (χ1n) is 6.62. The van der Waals surface area contributed by atoms with Gasteiger partial charge in [0.15, 0.2) is 0 Å². The minimum absolute atomic E-state index is 0.131. The van der Waals surface area contributed by atoms with Gasteiger partial charge in [-0.2, -0.15) is 11.8 Å². The fourth-order valence-electron chi connectivity index (χ4n) is 2.18. The van der Waals surface area contributed by atoms with Gasteiger partial charge in [-0.1, -0.05) is 6.07 Å². The molecule has 0 aliphatic carbocycles. The van der Waals surface area contributed by atoms with E-state index in [0.717, 1.165) is 18.6 Å². The second kappa shape index (κ2) is 6.70. The largest absolute Gasteiger partial charge is 0.493 e. The highest BCUT2D eigenvalue weighted by molar-refractivity contribution is 7.99. The van der Waals surface area contributed by atoms with Crippen molar-refractivity contribution in [2.75, 3.05) is 23.8 Å². The van der Waals surface area contributed by atoms with Crippen molar-refractivity contribution in [2.24, 2.45) is 0 Å². The summed E-state index contributed by atoms with van der Waals surface area (Å²) in [5.74, 6) is 2.59. The smallest absolute Gasteiger partial charge is 0.257 e. The zero-order valence-electron chi connectivity index (χ0n) is 11.1. The molecule has 19 heavy (non-hydrogen) atoms. The second-order valence-corrected chi connectivity index (χ2v) is 5.69. The predicted molar refractivity (Wildman–Crippen MR) is 79.8 cm³/mol. The highest BCUT2D eigenvalue weighted by Crippen LogP contribution is 2.25. The van der Waals surface area contributed by atoms with Gasteiger partial charge in [0.25, 0.3) is 5.91 Å². The molecule has 3 N–H and O–H groups in total. The van der Waals surface area contributed by atoms with E-state index in [9.17, 15) is 4.79 Å². The Morgan fingerprint density at radius 2 is 2.42 bits per heavy atom. The van der Waals surface area contributed by atoms with Crippen LogP contribution >= 0.6 is 11.8 Å². The molecule has 1 aliphatic rings. The Morgan fingerprint density at radius 3 is 3.11 bits per heavy atom. The number of carbonyl (C=O) groups excluding carboxylic acids is 1. The molecule has 2 rings (SSSR count). The molecule has 1 unspecified atom stereocenters. The van der Waals surface area contributed by atoms with E-state index in [1.54, 1.807) is 18.2 Å². The lowest BCUT2D eigenvalue weighted by atomic mass is 10.1. The van der Waals surface area contributed by atoms with Gasteiger partial charge in [0.1, 0.15) is 11.3 Å². The van der Waals surface area contributed by atoms with E-state index in [0.29, 0.717) is 23.6 Å². The van der Waals surface area contributed by atoms with Crippen LogP contribution in [0.1, 0.15) is 30.1 Å². The van der Waals surface area contributed by atoms with Gasteiger partial charge in [0.2, 0.25) is 0 Å². The normalized spacial score (nSPS) is 18.9. The number of nitrogen functional groups attached to an aromatic ring is 1. The lowest BCUT2D eigenvalue weighted by molar-refractivity contribution is 0.0936. The van der Waals surface area contributed by atoms with Crippen LogP contribution in [0.4, 0.5) is 5.69 Å². The predicted octanol–water partition coefficient (Wildman–Crippen LogP) is 2.29. The molecule has 0 spiro atoms. The van der Waals surface area contributed by atoms with Crippen molar-refractivity contribution in [3.05, 3.63) is 23.8 Å². The van der Waals surface area contributed by atoms with Crippen molar-refractivity contribution in [2.45, 2.75) is 25.8 Å². The van der Waals surface area contributed by atoms with Crippen LogP contribution < -0.4 is 15.8 Å². The first-order chi connectivity index (χ1) is 9.22. The molecule has 1 atom stereocenters. The molecule has 4 nitrogen and oxygen atoms in total. The zero-order chi connectivity index (χ0) is 13.7. The maximum atomic E-state index is 12.3. The van der Waals surface area contributed by atoms with Crippen LogP contribution in [0.15, 0.2) is 18.2 Å². The lowest BCUT2D eigenvalue weighted by Gasteiger charge is -2.23. The molecule has 1 amide bonds. The number of carbonyl (C=O) groups is 1. The molecule has 5 heteroatoms. The highest BCUT2D eigenvalue weighted by atomic mass is 32.2. The van der Waals surface area contributed by atoms with Crippen molar-refractivity contribution in [3.63, 3.8) is 0 Å². The zero-order valence-corrected chi connectivity index (χ0v) is 12.0. The number of anilines is 1. The number of ether oxygens (including phenoxy) is 1. The van der Waals surface area contributed by atoms with Crippen molar-refractivity contribution in [1.29, 1.82) is 0 Å². The van der Waals surface area contributed by atoms with Crippen LogP contribution in [0.2, 0.25) is 0 Å². The molecule has 0 radical (unpaired) electrons. The third kappa shape index (κ3) is 3.56. The summed E-state index contributed by atoms with van der Waals surface area (Å²) in [4.78, 5) is 12.3. The fourth-order valence-corrected chi connectivity index (χ4v) is 3.25. The van der Waals surface area contributed by atoms with E-state index in [4.69, 9.17) is 10.5 Å². The van der Waals surface area contributed by atoms with Gasteiger partial charge in [-0.05, 0) is 37.7 Å². The third-order valence-corrected chi connectivity index (χ3v) is 4.30. The summed E-state index contributed by atoms with van der Waals surface area (Å²) in [6, 6.07) is 5.55. The molecule has 0 saturated carbocycles. The maximum absolute atomic E-state index is 12.3. The van der Waals surface area contributed by atoms with Crippen LogP contribution in [0.25, 0.3) is 0 Å². The SMILES string of the molecule is CCOc1cccc(N)c1C(=O)NC1CCCSC1. The molecule has 1 heterocycles. The number of hydrogen-bond donors (Lipinski definition) is 2. The summed E-state index contributed by atoms with van der Waals surface area (Å²) in [6.07, 6.45) is 2.19. The summed E-state index contributed by atoms with van der Waals surface area (Å²) in [5, 5.41) is 3.06. The first-order valence-corrected chi connectivity index (χ1v) is 7.77. The highest BCUT2D eigenvalue weighted by Gasteiger charge is 2.21. The Kier molecular flexibility index (Phi) is 4.96. The van der Waals surface area contributed by atoms with E-state index >= 15 is 0 Å². The number of amides is 1. The van der Waals surface area contributed by atoms with Gasteiger partial charge in [-0.3, -0.25) is 4.79 Å².